The first-order chi connectivity index (χ1) is 18.1. The molecule has 0 aliphatic heterocycles. The van der Waals surface area contributed by atoms with Crippen LogP contribution < -0.4 is 4.74 Å². The highest BCUT2D eigenvalue weighted by Crippen LogP contribution is 2.49. The van der Waals surface area contributed by atoms with Crippen molar-refractivity contribution < 1.29 is 13.9 Å². The van der Waals surface area contributed by atoms with E-state index in [2.05, 4.69) is 6.92 Å². The molecule has 3 fully saturated rings. The number of halogens is 1. The van der Waals surface area contributed by atoms with Crippen LogP contribution in [0.25, 0.3) is 0 Å². The summed E-state index contributed by atoms with van der Waals surface area (Å²) in [5.41, 5.74) is 0.675. The van der Waals surface area contributed by atoms with E-state index in [1.54, 1.807) is 12.1 Å². The second-order valence-corrected chi connectivity index (χ2v) is 12.5. The number of hydrogen-bond donors (Lipinski definition) is 0. The minimum absolute atomic E-state index is 0.0341. The van der Waals surface area contributed by atoms with Crippen LogP contribution in [0.1, 0.15) is 122 Å². The summed E-state index contributed by atoms with van der Waals surface area (Å²) in [5.74, 6) is 4.46. The SMILES string of the molecule is C/C=C/CCc1ccc(OC(=O)C2CCC(C3CCC4CC(CCCCCC)CCC4C3)CC2)cc1F. The number of unbranched alkanes of at least 4 members (excludes halogenated alkanes) is 3. The van der Waals surface area contributed by atoms with Gasteiger partial charge in [0.05, 0.1) is 5.92 Å². The number of benzene rings is 1. The number of carbonyl (C=O) groups is 1. The molecule has 206 valence electrons. The van der Waals surface area contributed by atoms with Gasteiger partial charge in [-0.25, -0.2) is 4.39 Å². The van der Waals surface area contributed by atoms with Gasteiger partial charge < -0.3 is 4.74 Å². The minimum Gasteiger partial charge on any atom is -0.426 e. The van der Waals surface area contributed by atoms with Crippen LogP contribution >= 0.6 is 0 Å². The molecule has 4 rings (SSSR count). The van der Waals surface area contributed by atoms with Crippen LogP contribution in [-0.2, 0) is 11.2 Å². The number of aryl methyl sites for hydroxylation is 1. The van der Waals surface area contributed by atoms with Crippen molar-refractivity contribution in [2.75, 3.05) is 0 Å². The molecule has 0 N–H and O–H groups in total. The Morgan fingerprint density at radius 1 is 0.919 bits per heavy atom. The molecule has 2 nitrogen and oxygen atoms in total. The van der Waals surface area contributed by atoms with E-state index in [0.717, 1.165) is 61.7 Å². The maximum absolute atomic E-state index is 14.4. The van der Waals surface area contributed by atoms with E-state index in [0.29, 0.717) is 17.7 Å². The Labute approximate surface area is 225 Å². The quantitative estimate of drug-likeness (QED) is 0.128. The summed E-state index contributed by atoms with van der Waals surface area (Å²) in [6.45, 7) is 4.27. The molecule has 3 saturated carbocycles. The number of carbonyl (C=O) groups excluding carboxylic acids is 1. The fourth-order valence-electron chi connectivity index (χ4n) is 7.80. The summed E-state index contributed by atoms with van der Waals surface area (Å²) in [5, 5.41) is 0. The lowest BCUT2D eigenvalue weighted by Crippen LogP contribution is -2.35. The van der Waals surface area contributed by atoms with Gasteiger partial charge in [-0.05, 0) is 119 Å². The number of rotatable bonds is 11. The molecule has 1 aromatic carbocycles. The average Bonchev–Trinajstić information content (AvgIpc) is 2.92. The molecule has 4 atom stereocenters. The second kappa shape index (κ2) is 14.5. The van der Waals surface area contributed by atoms with Crippen molar-refractivity contribution in [2.24, 2.45) is 35.5 Å². The van der Waals surface area contributed by atoms with E-state index in [9.17, 15) is 9.18 Å². The molecule has 3 aliphatic rings. The first kappa shape index (κ1) is 28.4. The van der Waals surface area contributed by atoms with Crippen LogP contribution in [0.4, 0.5) is 4.39 Å². The zero-order valence-corrected chi connectivity index (χ0v) is 23.6. The van der Waals surface area contributed by atoms with E-state index < -0.39 is 0 Å². The fraction of sp³-hybridized carbons (Fsp3) is 0.735. The van der Waals surface area contributed by atoms with E-state index in [1.165, 1.54) is 76.7 Å². The first-order valence-corrected chi connectivity index (χ1v) is 15.7. The van der Waals surface area contributed by atoms with Crippen molar-refractivity contribution in [3.8, 4) is 5.75 Å². The van der Waals surface area contributed by atoms with Crippen molar-refractivity contribution in [1.82, 2.24) is 0 Å². The van der Waals surface area contributed by atoms with Gasteiger partial charge in [-0.1, -0.05) is 63.7 Å². The third-order valence-corrected chi connectivity index (χ3v) is 10.1. The number of hydrogen-bond acceptors (Lipinski definition) is 2. The van der Waals surface area contributed by atoms with Gasteiger partial charge in [0.15, 0.2) is 0 Å². The van der Waals surface area contributed by atoms with Gasteiger partial charge in [-0.2, -0.15) is 0 Å². The van der Waals surface area contributed by atoms with Gasteiger partial charge in [-0.15, -0.1) is 0 Å². The minimum atomic E-state index is -0.278. The molecular formula is C34H51FO2. The van der Waals surface area contributed by atoms with Crippen LogP contribution in [0.2, 0.25) is 0 Å². The molecule has 0 heterocycles. The lowest BCUT2D eigenvalue weighted by atomic mass is 9.60. The lowest BCUT2D eigenvalue weighted by Gasteiger charge is -2.45. The predicted molar refractivity (Wildman–Crippen MR) is 151 cm³/mol. The van der Waals surface area contributed by atoms with Crippen molar-refractivity contribution in [3.63, 3.8) is 0 Å². The predicted octanol–water partition coefficient (Wildman–Crippen LogP) is 9.85. The zero-order valence-electron chi connectivity index (χ0n) is 23.6. The molecule has 37 heavy (non-hydrogen) atoms. The van der Waals surface area contributed by atoms with E-state index in [4.69, 9.17) is 4.74 Å². The first-order valence-electron chi connectivity index (χ1n) is 15.7. The van der Waals surface area contributed by atoms with E-state index in [-0.39, 0.29) is 17.7 Å². The van der Waals surface area contributed by atoms with Gasteiger partial charge >= 0.3 is 5.97 Å². The Bertz CT molecular complexity index is 869. The standard InChI is InChI=1S/C34H51FO2/c1-3-5-7-9-10-25-12-13-31-23-30(19-18-29(31)22-25)26-14-16-28(17-15-26)34(36)37-32-21-20-27(33(35)24-32)11-8-6-4-2/h4,6,20-21,24-26,28-31H,3,5,7-19,22-23H2,1-2H3/b6-4+. The summed E-state index contributed by atoms with van der Waals surface area (Å²) in [7, 11) is 0. The Hall–Kier alpha value is -1.64. The zero-order chi connectivity index (χ0) is 26.0. The number of ether oxygens (including phenoxy) is 1. The Kier molecular flexibility index (Phi) is 11.1. The second-order valence-electron chi connectivity index (χ2n) is 12.5. The highest BCUT2D eigenvalue weighted by atomic mass is 19.1. The molecule has 0 radical (unpaired) electrons. The molecule has 3 heteroatoms. The lowest BCUT2D eigenvalue weighted by molar-refractivity contribution is -0.140. The summed E-state index contributed by atoms with van der Waals surface area (Å²) >= 11 is 0. The third-order valence-electron chi connectivity index (χ3n) is 10.1. The summed E-state index contributed by atoms with van der Waals surface area (Å²) in [6.07, 6.45) is 25.5. The maximum atomic E-state index is 14.4. The van der Waals surface area contributed by atoms with Gasteiger partial charge in [0, 0.05) is 6.07 Å². The van der Waals surface area contributed by atoms with Crippen molar-refractivity contribution in [1.29, 1.82) is 0 Å². The number of esters is 1. The van der Waals surface area contributed by atoms with Gasteiger partial charge in [0.2, 0.25) is 0 Å². The summed E-state index contributed by atoms with van der Waals surface area (Å²) in [6, 6.07) is 4.89. The van der Waals surface area contributed by atoms with E-state index >= 15 is 0 Å². The van der Waals surface area contributed by atoms with Crippen molar-refractivity contribution in [3.05, 3.63) is 41.7 Å². The molecule has 3 aliphatic carbocycles. The van der Waals surface area contributed by atoms with Crippen molar-refractivity contribution >= 4 is 5.97 Å². The average molecular weight is 511 g/mol. The summed E-state index contributed by atoms with van der Waals surface area (Å²) in [4.78, 5) is 12.8. The van der Waals surface area contributed by atoms with Crippen LogP contribution in [-0.4, -0.2) is 5.97 Å². The Morgan fingerprint density at radius 3 is 2.35 bits per heavy atom. The third kappa shape index (κ3) is 8.17. The topological polar surface area (TPSA) is 26.3 Å². The highest BCUT2D eigenvalue weighted by molar-refractivity contribution is 5.75. The smallest absolute Gasteiger partial charge is 0.314 e. The van der Waals surface area contributed by atoms with Gasteiger partial charge in [0.1, 0.15) is 11.6 Å². The van der Waals surface area contributed by atoms with Crippen LogP contribution in [0, 0.1) is 41.3 Å². The maximum Gasteiger partial charge on any atom is 0.314 e. The number of allylic oxidation sites excluding steroid dienone is 2. The Balaban J connectivity index is 1.18. The highest BCUT2D eigenvalue weighted by Gasteiger charge is 2.39. The molecule has 4 unspecified atom stereocenters. The van der Waals surface area contributed by atoms with Crippen LogP contribution in [0.5, 0.6) is 5.75 Å². The number of fused-ring (bicyclic) bond motifs is 1. The van der Waals surface area contributed by atoms with Crippen LogP contribution in [0.15, 0.2) is 30.4 Å². The normalized spacial score (nSPS) is 30.2. The molecular weight excluding hydrogens is 459 g/mol. The van der Waals surface area contributed by atoms with E-state index in [1.807, 2.05) is 19.1 Å². The summed E-state index contributed by atoms with van der Waals surface area (Å²) < 4.78 is 20.1. The molecule has 0 amide bonds. The van der Waals surface area contributed by atoms with Gasteiger partial charge in [-0.3, -0.25) is 4.79 Å². The monoisotopic (exact) mass is 510 g/mol. The Morgan fingerprint density at radius 2 is 1.62 bits per heavy atom. The molecule has 1 aromatic rings. The fourth-order valence-corrected chi connectivity index (χ4v) is 7.80. The molecule has 0 spiro atoms. The largest absolute Gasteiger partial charge is 0.426 e. The molecule has 0 bridgehead atoms. The van der Waals surface area contributed by atoms with Crippen molar-refractivity contribution in [2.45, 2.75) is 123 Å². The van der Waals surface area contributed by atoms with Gasteiger partial charge in [0.25, 0.3) is 0 Å². The van der Waals surface area contributed by atoms with Crippen LogP contribution in [0.3, 0.4) is 0 Å². The molecule has 0 aromatic heterocycles. The molecule has 0 saturated heterocycles.